The fourth-order valence-corrected chi connectivity index (χ4v) is 3.76. The van der Waals surface area contributed by atoms with E-state index in [0.717, 1.165) is 28.8 Å². The molecular formula is C26H27ClF3N3O2. The van der Waals surface area contributed by atoms with Crippen molar-refractivity contribution in [2.24, 2.45) is 0 Å². The van der Waals surface area contributed by atoms with Crippen LogP contribution in [0.1, 0.15) is 48.9 Å². The number of amides is 1. The number of alkyl halides is 3. The maximum atomic E-state index is 13.1. The molecule has 3 rings (SSSR count). The normalized spacial score (nSPS) is 13.7. The Bertz CT molecular complexity index is 1150. The highest BCUT2D eigenvalue weighted by molar-refractivity contribution is 6.30. The minimum absolute atomic E-state index is 0.0774. The number of nitrogens with zero attached hydrogens (tertiary/aromatic N) is 2. The summed E-state index contributed by atoms with van der Waals surface area (Å²) in [5.41, 5.74) is 0.746. The first-order valence-corrected chi connectivity index (χ1v) is 11.4. The van der Waals surface area contributed by atoms with Gasteiger partial charge in [0, 0.05) is 41.6 Å². The van der Waals surface area contributed by atoms with E-state index in [0.29, 0.717) is 17.6 Å². The van der Waals surface area contributed by atoms with Crippen LogP contribution in [0.2, 0.25) is 5.02 Å². The van der Waals surface area contributed by atoms with Gasteiger partial charge in [-0.05, 0) is 69.0 Å². The molecule has 186 valence electrons. The van der Waals surface area contributed by atoms with Crippen molar-refractivity contribution < 1.29 is 22.7 Å². The molecule has 1 N–H and O–H groups in total. The molecule has 2 heterocycles. The molecule has 1 amide bonds. The second-order valence-corrected chi connectivity index (χ2v) is 9.43. The SMILES string of the molecule is Cc1cncc(C(Cc2ccc(Cl)cc2)C(C)NC(=O)C(C)(C)Oc2ccc(C(F)(F)F)cn2)c1. The van der Waals surface area contributed by atoms with Gasteiger partial charge in [0.15, 0.2) is 5.60 Å². The van der Waals surface area contributed by atoms with E-state index in [4.69, 9.17) is 16.3 Å². The third kappa shape index (κ3) is 7.18. The van der Waals surface area contributed by atoms with Crippen molar-refractivity contribution in [1.82, 2.24) is 15.3 Å². The van der Waals surface area contributed by atoms with Crippen LogP contribution in [0.5, 0.6) is 5.88 Å². The van der Waals surface area contributed by atoms with Crippen molar-refractivity contribution in [3.8, 4) is 5.88 Å². The van der Waals surface area contributed by atoms with Gasteiger partial charge >= 0.3 is 6.18 Å². The monoisotopic (exact) mass is 505 g/mol. The van der Waals surface area contributed by atoms with Crippen molar-refractivity contribution in [1.29, 1.82) is 0 Å². The lowest BCUT2D eigenvalue weighted by atomic mass is 9.86. The van der Waals surface area contributed by atoms with Crippen molar-refractivity contribution in [3.63, 3.8) is 0 Å². The van der Waals surface area contributed by atoms with Gasteiger partial charge in [0.25, 0.3) is 5.91 Å². The topological polar surface area (TPSA) is 64.1 Å². The van der Waals surface area contributed by atoms with Crippen molar-refractivity contribution in [2.45, 2.75) is 57.9 Å². The number of rotatable bonds is 8. The van der Waals surface area contributed by atoms with Crippen LogP contribution in [0.25, 0.3) is 0 Å². The molecule has 0 spiro atoms. The summed E-state index contributed by atoms with van der Waals surface area (Å²) in [7, 11) is 0. The highest BCUT2D eigenvalue weighted by Crippen LogP contribution is 2.30. The van der Waals surface area contributed by atoms with Crippen LogP contribution in [-0.2, 0) is 17.4 Å². The van der Waals surface area contributed by atoms with Crippen molar-refractivity contribution >= 4 is 17.5 Å². The van der Waals surface area contributed by atoms with Gasteiger partial charge in [0.05, 0.1) is 5.56 Å². The Morgan fingerprint density at radius 3 is 2.34 bits per heavy atom. The van der Waals surface area contributed by atoms with Crippen LogP contribution < -0.4 is 10.1 Å². The van der Waals surface area contributed by atoms with Crippen molar-refractivity contribution in [2.75, 3.05) is 0 Å². The molecule has 0 fully saturated rings. The third-order valence-electron chi connectivity index (χ3n) is 5.63. The Morgan fingerprint density at radius 2 is 1.77 bits per heavy atom. The number of benzene rings is 1. The number of carbonyl (C=O) groups excluding carboxylic acids is 1. The average molecular weight is 506 g/mol. The lowest BCUT2D eigenvalue weighted by Crippen LogP contribution is -2.51. The first kappa shape index (κ1) is 26.5. The van der Waals surface area contributed by atoms with E-state index in [1.54, 1.807) is 12.4 Å². The number of aromatic nitrogens is 2. The summed E-state index contributed by atoms with van der Waals surface area (Å²) in [6, 6.07) is 11.2. The maximum absolute atomic E-state index is 13.1. The number of ether oxygens (including phenoxy) is 1. The first-order valence-electron chi connectivity index (χ1n) is 11.0. The summed E-state index contributed by atoms with van der Waals surface area (Å²) in [4.78, 5) is 21.1. The molecular weight excluding hydrogens is 479 g/mol. The maximum Gasteiger partial charge on any atom is 0.417 e. The fraction of sp³-hybridized carbons (Fsp3) is 0.346. The molecule has 0 aliphatic carbocycles. The molecule has 0 saturated carbocycles. The summed E-state index contributed by atoms with van der Waals surface area (Å²) < 4.78 is 44.0. The van der Waals surface area contributed by atoms with Gasteiger partial charge in [0.2, 0.25) is 5.88 Å². The quantitative estimate of drug-likeness (QED) is 0.399. The smallest absolute Gasteiger partial charge is 0.417 e. The number of aryl methyl sites for hydroxylation is 1. The van der Waals surface area contributed by atoms with Crippen LogP contribution in [-0.4, -0.2) is 27.5 Å². The third-order valence-corrected chi connectivity index (χ3v) is 5.88. The number of hydrogen-bond donors (Lipinski definition) is 1. The molecule has 0 aliphatic heterocycles. The average Bonchev–Trinajstić information content (AvgIpc) is 2.78. The molecule has 0 aliphatic rings. The minimum atomic E-state index is -4.50. The molecule has 2 unspecified atom stereocenters. The molecule has 0 saturated heterocycles. The van der Waals surface area contributed by atoms with Gasteiger partial charge < -0.3 is 10.1 Å². The van der Waals surface area contributed by atoms with Crippen molar-refractivity contribution in [3.05, 3.63) is 88.3 Å². The Balaban J connectivity index is 1.76. The number of nitrogens with one attached hydrogen (secondary N) is 1. The molecule has 35 heavy (non-hydrogen) atoms. The summed E-state index contributed by atoms with van der Waals surface area (Å²) in [5.74, 6) is -0.604. The summed E-state index contributed by atoms with van der Waals surface area (Å²) >= 11 is 6.02. The molecule has 9 heteroatoms. The molecule has 0 radical (unpaired) electrons. The van der Waals surface area contributed by atoms with E-state index in [1.165, 1.54) is 13.8 Å². The zero-order valence-electron chi connectivity index (χ0n) is 19.9. The number of pyridine rings is 2. The van der Waals surface area contributed by atoms with Crippen LogP contribution in [0, 0.1) is 6.92 Å². The Morgan fingerprint density at radius 1 is 1.09 bits per heavy atom. The van der Waals surface area contributed by atoms with E-state index in [9.17, 15) is 18.0 Å². The standard InChI is InChI=1S/C26H27ClF3N3O2/c1-16-11-19(14-31-13-16)22(12-18-5-8-21(27)9-6-18)17(2)33-24(34)25(3,4)35-23-10-7-20(15-32-23)26(28,29)30/h5-11,13-15,17,22H,12H2,1-4H3,(H,33,34). The molecule has 1 aromatic carbocycles. The summed E-state index contributed by atoms with van der Waals surface area (Å²) in [5, 5.41) is 3.64. The minimum Gasteiger partial charge on any atom is -0.462 e. The Hall–Kier alpha value is -3.13. The highest BCUT2D eigenvalue weighted by atomic mass is 35.5. The summed E-state index contributed by atoms with van der Waals surface area (Å²) in [6.45, 7) is 6.92. The first-order chi connectivity index (χ1) is 16.3. The number of carbonyl (C=O) groups is 1. The van der Waals surface area contributed by atoms with Gasteiger partial charge in [-0.2, -0.15) is 13.2 Å². The predicted octanol–water partition coefficient (Wildman–Crippen LogP) is 6.15. The van der Waals surface area contributed by atoms with Crippen LogP contribution in [0.4, 0.5) is 13.2 Å². The second-order valence-electron chi connectivity index (χ2n) is 8.99. The van der Waals surface area contributed by atoms with E-state index in [1.807, 2.05) is 44.2 Å². The van der Waals surface area contributed by atoms with E-state index >= 15 is 0 Å². The van der Waals surface area contributed by atoms with Crippen LogP contribution >= 0.6 is 11.6 Å². The molecule has 3 aromatic rings. The Kier molecular flexibility index (Phi) is 8.05. The van der Waals surface area contributed by atoms with Gasteiger partial charge in [-0.25, -0.2) is 4.98 Å². The Labute approximate surface area is 207 Å². The predicted molar refractivity (Wildman–Crippen MR) is 128 cm³/mol. The number of hydrogen-bond acceptors (Lipinski definition) is 4. The van der Waals surface area contributed by atoms with Gasteiger partial charge in [-0.15, -0.1) is 0 Å². The van der Waals surface area contributed by atoms with Gasteiger partial charge in [0.1, 0.15) is 0 Å². The molecule has 5 nitrogen and oxygen atoms in total. The van der Waals surface area contributed by atoms with E-state index in [-0.39, 0.29) is 17.8 Å². The van der Waals surface area contributed by atoms with Crippen LogP contribution in [0.15, 0.2) is 61.1 Å². The van der Waals surface area contributed by atoms with Gasteiger partial charge in [-0.3, -0.25) is 9.78 Å². The zero-order valence-corrected chi connectivity index (χ0v) is 20.6. The molecule has 2 atom stereocenters. The van der Waals surface area contributed by atoms with Crippen LogP contribution in [0.3, 0.4) is 0 Å². The van der Waals surface area contributed by atoms with E-state index < -0.39 is 23.2 Å². The largest absolute Gasteiger partial charge is 0.462 e. The van der Waals surface area contributed by atoms with Gasteiger partial charge in [-0.1, -0.05) is 29.8 Å². The molecule has 0 bridgehead atoms. The summed E-state index contributed by atoms with van der Waals surface area (Å²) in [6.07, 6.45) is 0.353. The lowest BCUT2D eigenvalue weighted by molar-refractivity contribution is -0.138. The highest BCUT2D eigenvalue weighted by Gasteiger charge is 2.34. The lowest BCUT2D eigenvalue weighted by Gasteiger charge is -2.30. The second kappa shape index (κ2) is 10.6. The molecule has 2 aromatic heterocycles. The van der Waals surface area contributed by atoms with E-state index in [2.05, 4.69) is 15.3 Å². The fourth-order valence-electron chi connectivity index (χ4n) is 3.64. The zero-order chi connectivity index (χ0) is 25.8. The number of halogens is 4.